The van der Waals surface area contributed by atoms with Crippen molar-refractivity contribution in [2.75, 3.05) is 4.90 Å². The summed E-state index contributed by atoms with van der Waals surface area (Å²) in [4.78, 5) is 2.47. The van der Waals surface area contributed by atoms with E-state index in [1.54, 1.807) is 0 Å². The first-order valence-corrected chi connectivity index (χ1v) is 23.3. The van der Waals surface area contributed by atoms with Gasteiger partial charge < -0.3 is 4.90 Å². The molecule has 2 aliphatic rings. The van der Waals surface area contributed by atoms with Crippen LogP contribution in [0.25, 0.3) is 86.2 Å². The summed E-state index contributed by atoms with van der Waals surface area (Å²) in [6.45, 7) is 0. The average Bonchev–Trinajstić information content (AvgIpc) is 4.00. The van der Waals surface area contributed by atoms with Gasteiger partial charge >= 0.3 is 0 Å². The van der Waals surface area contributed by atoms with Gasteiger partial charge in [0.1, 0.15) is 0 Å². The van der Waals surface area contributed by atoms with Crippen LogP contribution in [0.4, 0.5) is 17.1 Å². The topological polar surface area (TPSA) is 3.24 Å². The molecule has 2 heteroatoms. The zero-order valence-electron chi connectivity index (χ0n) is 35.4. The second kappa shape index (κ2) is 14.0. The molecule has 0 unspecified atom stereocenters. The Bertz CT molecular complexity index is 3840. The van der Waals surface area contributed by atoms with Gasteiger partial charge in [0, 0.05) is 37.2 Å². The van der Waals surface area contributed by atoms with E-state index in [4.69, 9.17) is 0 Å². The summed E-state index contributed by atoms with van der Waals surface area (Å²) < 4.78 is 2.61. The molecule has 0 aliphatic heterocycles. The molecule has 0 N–H and O–H groups in total. The van der Waals surface area contributed by atoms with Crippen molar-refractivity contribution in [2.24, 2.45) is 0 Å². The summed E-state index contributed by atoms with van der Waals surface area (Å²) in [5, 5.41) is 7.59. The molecule has 1 heterocycles. The maximum atomic E-state index is 2.50. The van der Waals surface area contributed by atoms with E-state index in [2.05, 4.69) is 241 Å². The van der Waals surface area contributed by atoms with E-state index in [0.717, 1.165) is 17.1 Å². The molecule has 0 amide bonds. The van der Waals surface area contributed by atoms with Crippen molar-refractivity contribution in [3.63, 3.8) is 0 Å². The Kier molecular flexibility index (Phi) is 7.84. The Balaban J connectivity index is 0.968. The maximum Gasteiger partial charge on any atom is 0.0726 e. The van der Waals surface area contributed by atoms with Gasteiger partial charge in [-0.2, -0.15) is 0 Å². The molecule has 0 bridgehead atoms. The predicted octanol–water partition coefficient (Wildman–Crippen LogP) is 17.5. The minimum atomic E-state index is -0.434. The number of thiophene rings is 1. The summed E-state index contributed by atoms with van der Waals surface area (Å²) >= 11 is 1.86. The Morgan fingerprint density at radius 2 is 0.785 bits per heavy atom. The number of hydrogen-bond acceptors (Lipinski definition) is 2. The standard InChI is InChI=1S/C63H39NS/c1-3-17-47-41(14-1)16-13-23-49(47)55-37-43(36-42-15-2-4-18-48(42)55)40-28-30-44(31-29-40)64(45-33-35-62-56(38-45)54-22-8-12-27-61(54)65-62)46-32-34-53-52-21-7-11-26-59(52)63(60(53)39-46)57-24-9-5-19-50(57)51-20-6-10-25-58(51)63/h1-39H. The van der Waals surface area contributed by atoms with E-state index in [-0.39, 0.29) is 0 Å². The van der Waals surface area contributed by atoms with Crippen LogP contribution in [0.2, 0.25) is 0 Å². The molecule has 65 heavy (non-hydrogen) atoms. The van der Waals surface area contributed by atoms with E-state index in [1.807, 2.05) is 11.3 Å². The lowest BCUT2D eigenvalue weighted by molar-refractivity contribution is 0.793. The van der Waals surface area contributed by atoms with E-state index in [9.17, 15) is 0 Å². The number of anilines is 3. The van der Waals surface area contributed by atoms with E-state index < -0.39 is 5.41 Å². The normalized spacial score (nSPS) is 13.0. The van der Waals surface area contributed by atoms with Crippen LogP contribution in [0.1, 0.15) is 22.3 Å². The van der Waals surface area contributed by atoms with Crippen molar-refractivity contribution in [1.29, 1.82) is 0 Å². The summed E-state index contributed by atoms with van der Waals surface area (Å²) in [7, 11) is 0. The van der Waals surface area contributed by atoms with Crippen molar-refractivity contribution in [3.8, 4) is 44.5 Å². The van der Waals surface area contributed by atoms with Crippen LogP contribution in [-0.4, -0.2) is 0 Å². The molecule has 1 aromatic heterocycles. The van der Waals surface area contributed by atoms with Crippen LogP contribution < -0.4 is 4.90 Å². The molecular formula is C63H39NS. The Labute approximate surface area is 381 Å². The molecule has 302 valence electrons. The average molecular weight is 842 g/mol. The molecule has 0 fully saturated rings. The third-order valence-corrected chi connectivity index (χ3v) is 15.4. The maximum absolute atomic E-state index is 2.50. The second-order valence-corrected chi connectivity index (χ2v) is 18.6. The van der Waals surface area contributed by atoms with E-state index in [1.165, 1.54) is 108 Å². The first kappa shape index (κ1) is 36.4. The number of rotatable bonds is 5. The molecule has 14 rings (SSSR count). The summed E-state index contributed by atoms with van der Waals surface area (Å²) in [6, 6.07) is 88.4. The smallest absolute Gasteiger partial charge is 0.0726 e. The van der Waals surface area contributed by atoms with Crippen molar-refractivity contribution in [3.05, 3.63) is 259 Å². The molecular weight excluding hydrogens is 803 g/mol. The number of benzene rings is 11. The molecule has 12 aromatic rings. The SMILES string of the molecule is c1ccc2c(c1)-c1ccccc1C21c2ccccc2-c2ccc(N(c3ccc(-c4cc(-c5cccc6ccccc56)c5ccccc5c4)cc3)c3ccc4sc5ccccc5c4c3)cc21. The van der Waals surface area contributed by atoms with Crippen LogP contribution in [-0.2, 0) is 5.41 Å². The highest BCUT2D eigenvalue weighted by atomic mass is 32.1. The molecule has 0 atom stereocenters. The molecule has 0 radical (unpaired) electrons. The predicted molar refractivity (Wildman–Crippen MR) is 276 cm³/mol. The number of hydrogen-bond donors (Lipinski definition) is 0. The van der Waals surface area contributed by atoms with Crippen LogP contribution in [0.5, 0.6) is 0 Å². The van der Waals surface area contributed by atoms with Gasteiger partial charge in [-0.1, -0.05) is 176 Å². The summed E-state index contributed by atoms with van der Waals surface area (Å²) in [5.41, 5.74) is 18.4. The fourth-order valence-electron chi connectivity index (χ4n) is 11.5. The highest BCUT2D eigenvalue weighted by Gasteiger charge is 2.51. The van der Waals surface area contributed by atoms with Crippen molar-refractivity contribution < 1.29 is 0 Å². The van der Waals surface area contributed by atoms with E-state index in [0.29, 0.717) is 0 Å². The minimum Gasteiger partial charge on any atom is -0.310 e. The molecule has 0 saturated heterocycles. The highest BCUT2D eigenvalue weighted by Crippen LogP contribution is 2.63. The Morgan fingerprint density at radius 1 is 0.277 bits per heavy atom. The van der Waals surface area contributed by atoms with Gasteiger partial charge in [-0.15, -0.1) is 11.3 Å². The monoisotopic (exact) mass is 841 g/mol. The molecule has 2 aliphatic carbocycles. The van der Waals surface area contributed by atoms with Crippen LogP contribution in [0.15, 0.2) is 237 Å². The highest BCUT2D eigenvalue weighted by molar-refractivity contribution is 7.25. The van der Waals surface area contributed by atoms with Crippen LogP contribution in [0.3, 0.4) is 0 Å². The van der Waals surface area contributed by atoms with Gasteiger partial charge in [0.15, 0.2) is 0 Å². The number of nitrogens with zero attached hydrogens (tertiary/aromatic N) is 1. The lowest BCUT2D eigenvalue weighted by Crippen LogP contribution is -2.26. The third kappa shape index (κ3) is 5.26. The molecule has 0 saturated carbocycles. The fraction of sp³-hybridized carbons (Fsp3) is 0.0159. The zero-order chi connectivity index (χ0) is 42.6. The van der Waals surface area contributed by atoms with Crippen molar-refractivity contribution >= 4 is 70.1 Å². The lowest BCUT2D eigenvalue weighted by atomic mass is 9.70. The quantitative estimate of drug-likeness (QED) is 0.167. The summed E-state index contributed by atoms with van der Waals surface area (Å²) in [5.74, 6) is 0. The van der Waals surface area contributed by atoms with Gasteiger partial charge in [0.25, 0.3) is 0 Å². The molecule has 1 nitrogen and oxygen atoms in total. The first-order valence-electron chi connectivity index (χ1n) is 22.5. The van der Waals surface area contributed by atoms with E-state index >= 15 is 0 Å². The Morgan fingerprint density at radius 3 is 1.51 bits per heavy atom. The Hall–Kier alpha value is -8.04. The second-order valence-electron chi connectivity index (χ2n) is 17.5. The van der Waals surface area contributed by atoms with Gasteiger partial charge in [-0.05, 0) is 149 Å². The van der Waals surface area contributed by atoms with Gasteiger partial charge in [-0.25, -0.2) is 0 Å². The van der Waals surface area contributed by atoms with Crippen molar-refractivity contribution in [1.82, 2.24) is 0 Å². The fourth-order valence-corrected chi connectivity index (χ4v) is 12.6. The lowest BCUT2D eigenvalue weighted by Gasteiger charge is -2.32. The van der Waals surface area contributed by atoms with Gasteiger partial charge in [0.05, 0.1) is 5.41 Å². The van der Waals surface area contributed by atoms with Crippen LogP contribution >= 0.6 is 11.3 Å². The molecule has 11 aromatic carbocycles. The van der Waals surface area contributed by atoms with Crippen molar-refractivity contribution in [2.45, 2.75) is 5.41 Å². The molecule has 1 spiro atoms. The summed E-state index contributed by atoms with van der Waals surface area (Å²) in [6.07, 6.45) is 0. The zero-order valence-corrected chi connectivity index (χ0v) is 36.2. The van der Waals surface area contributed by atoms with Crippen LogP contribution in [0, 0.1) is 0 Å². The third-order valence-electron chi connectivity index (χ3n) is 14.3. The number of fused-ring (bicyclic) bond motifs is 15. The largest absolute Gasteiger partial charge is 0.310 e. The van der Waals surface area contributed by atoms with Gasteiger partial charge in [0.2, 0.25) is 0 Å². The first-order chi connectivity index (χ1) is 32.2. The van der Waals surface area contributed by atoms with Gasteiger partial charge in [-0.3, -0.25) is 0 Å². The minimum absolute atomic E-state index is 0.434.